The van der Waals surface area contributed by atoms with Crippen molar-refractivity contribution in [3.05, 3.63) is 21.9 Å². The highest BCUT2D eigenvalue weighted by atomic mass is 32.1. The minimum Gasteiger partial charge on any atom is -0.356 e. The maximum Gasteiger partial charge on any atom is 0.191 e. The molecule has 0 bridgehead atoms. The van der Waals surface area contributed by atoms with Crippen molar-refractivity contribution in [2.24, 2.45) is 10.9 Å². The molecule has 2 atom stereocenters. The van der Waals surface area contributed by atoms with Crippen LogP contribution < -0.4 is 10.6 Å². The monoisotopic (exact) mass is 336 g/mol. The SMILES string of the molecule is CN=C(NCC(C)CN1CCCC1)NC(C)Cc1ccc(C)s1. The van der Waals surface area contributed by atoms with Crippen molar-refractivity contribution in [1.82, 2.24) is 15.5 Å². The van der Waals surface area contributed by atoms with Crippen molar-refractivity contribution < 1.29 is 0 Å². The van der Waals surface area contributed by atoms with Crippen molar-refractivity contribution in [2.75, 3.05) is 33.2 Å². The molecule has 2 N–H and O–H groups in total. The van der Waals surface area contributed by atoms with Crippen LogP contribution in [0.5, 0.6) is 0 Å². The van der Waals surface area contributed by atoms with Gasteiger partial charge in [-0.3, -0.25) is 4.99 Å². The summed E-state index contributed by atoms with van der Waals surface area (Å²) in [5, 5.41) is 6.99. The van der Waals surface area contributed by atoms with Gasteiger partial charge in [-0.2, -0.15) is 0 Å². The number of thiophene rings is 1. The highest BCUT2D eigenvalue weighted by Gasteiger charge is 2.15. The largest absolute Gasteiger partial charge is 0.356 e. The summed E-state index contributed by atoms with van der Waals surface area (Å²) >= 11 is 1.88. The van der Waals surface area contributed by atoms with E-state index < -0.39 is 0 Å². The molecule has 1 aliphatic heterocycles. The molecular formula is C18H32N4S. The standard InChI is InChI=1S/C18H32N4S/c1-14(13-22-9-5-6-10-22)12-20-18(19-4)21-15(2)11-17-8-7-16(3)23-17/h7-8,14-15H,5-6,9-13H2,1-4H3,(H2,19,20,21). The number of guanidine groups is 1. The highest BCUT2D eigenvalue weighted by Crippen LogP contribution is 2.16. The second-order valence-corrected chi connectivity index (χ2v) is 8.20. The van der Waals surface area contributed by atoms with E-state index in [9.17, 15) is 0 Å². The van der Waals surface area contributed by atoms with Gasteiger partial charge in [0.2, 0.25) is 0 Å². The van der Waals surface area contributed by atoms with Crippen LogP contribution in [-0.2, 0) is 6.42 Å². The summed E-state index contributed by atoms with van der Waals surface area (Å²) in [6.45, 7) is 11.4. The van der Waals surface area contributed by atoms with Gasteiger partial charge < -0.3 is 15.5 Å². The van der Waals surface area contributed by atoms with Crippen molar-refractivity contribution in [3.8, 4) is 0 Å². The first-order valence-electron chi connectivity index (χ1n) is 8.81. The normalized spacial score (nSPS) is 18.9. The van der Waals surface area contributed by atoms with Crippen molar-refractivity contribution in [2.45, 2.75) is 46.1 Å². The number of hydrogen-bond acceptors (Lipinski definition) is 3. The third kappa shape index (κ3) is 6.51. The lowest BCUT2D eigenvalue weighted by molar-refractivity contribution is 0.287. The lowest BCUT2D eigenvalue weighted by Gasteiger charge is -2.22. The topological polar surface area (TPSA) is 39.7 Å². The van der Waals surface area contributed by atoms with Crippen LogP contribution in [0.25, 0.3) is 0 Å². The van der Waals surface area contributed by atoms with Gasteiger partial charge >= 0.3 is 0 Å². The molecule has 4 nitrogen and oxygen atoms in total. The molecule has 5 heteroatoms. The summed E-state index contributed by atoms with van der Waals surface area (Å²) in [5.74, 6) is 1.56. The average Bonchev–Trinajstić information content (AvgIpc) is 3.15. The second kappa shape index (κ2) is 9.28. The Kier molecular flexibility index (Phi) is 7.37. The zero-order chi connectivity index (χ0) is 16.7. The predicted molar refractivity (Wildman–Crippen MR) is 102 cm³/mol. The molecule has 23 heavy (non-hydrogen) atoms. The number of nitrogens with zero attached hydrogens (tertiary/aromatic N) is 2. The smallest absolute Gasteiger partial charge is 0.191 e. The summed E-state index contributed by atoms with van der Waals surface area (Å²) in [4.78, 5) is 9.75. The van der Waals surface area contributed by atoms with E-state index in [0.717, 1.165) is 18.9 Å². The Morgan fingerprint density at radius 1 is 1.30 bits per heavy atom. The van der Waals surface area contributed by atoms with Crippen LogP contribution in [0.4, 0.5) is 0 Å². The van der Waals surface area contributed by atoms with Crippen LogP contribution in [0, 0.1) is 12.8 Å². The van der Waals surface area contributed by atoms with Gasteiger partial charge in [0, 0.05) is 42.4 Å². The molecule has 0 aromatic carbocycles. The maximum absolute atomic E-state index is 4.36. The fraction of sp³-hybridized carbons (Fsp3) is 0.722. The molecule has 0 saturated carbocycles. The first kappa shape index (κ1) is 18.3. The molecular weight excluding hydrogens is 304 g/mol. The van der Waals surface area contributed by atoms with E-state index in [-0.39, 0.29) is 0 Å². The second-order valence-electron chi connectivity index (χ2n) is 6.83. The van der Waals surface area contributed by atoms with Gasteiger partial charge in [0.05, 0.1) is 0 Å². The molecule has 2 heterocycles. The van der Waals surface area contributed by atoms with Gasteiger partial charge in [-0.25, -0.2) is 0 Å². The molecule has 0 spiro atoms. The van der Waals surface area contributed by atoms with Crippen molar-refractivity contribution >= 4 is 17.3 Å². The number of aliphatic imine (C=N–C) groups is 1. The lowest BCUT2D eigenvalue weighted by atomic mass is 10.1. The van der Waals surface area contributed by atoms with E-state index >= 15 is 0 Å². The Bertz CT molecular complexity index is 491. The van der Waals surface area contributed by atoms with E-state index in [4.69, 9.17) is 0 Å². The molecule has 2 unspecified atom stereocenters. The van der Waals surface area contributed by atoms with Crippen LogP contribution in [-0.4, -0.2) is 50.1 Å². The Morgan fingerprint density at radius 3 is 2.65 bits per heavy atom. The zero-order valence-corrected chi connectivity index (χ0v) is 15.9. The van der Waals surface area contributed by atoms with Gasteiger partial charge in [0.15, 0.2) is 5.96 Å². The molecule has 1 aromatic heterocycles. The first-order chi connectivity index (χ1) is 11.1. The van der Waals surface area contributed by atoms with Crippen molar-refractivity contribution in [3.63, 3.8) is 0 Å². The Balaban J connectivity index is 1.69. The minimum absolute atomic E-state index is 0.383. The van der Waals surface area contributed by atoms with Gasteiger partial charge in [0.1, 0.15) is 0 Å². The maximum atomic E-state index is 4.36. The molecule has 0 radical (unpaired) electrons. The molecule has 0 aliphatic carbocycles. The zero-order valence-electron chi connectivity index (χ0n) is 15.1. The van der Waals surface area contributed by atoms with Gasteiger partial charge in [-0.1, -0.05) is 6.92 Å². The fourth-order valence-corrected chi connectivity index (χ4v) is 4.14. The van der Waals surface area contributed by atoms with Crippen molar-refractivity contribution in [1.29, 1.82) is 0 Å². The summed E-state index contributed by atoms with van der Waals surface area (Å²) < 4.78 is 0. The molecule has 1 saturated heterocycles. The predicted octanol–water partition coefficient (Wildman–Crippen LogP) is 2.88. The van der Waals surface area contributed by atoms with Gasteiger partial charge in [-0.05, 0) is 57.8 Å². The summed E-state index contributed by atoms with van der Waals surface area (Å²) in [6.07, 6.45) is 3.77. The number of hydrogen-bond donors (Lipinski definition) is 2. The third-order valence-electron chi connectivity index (χ3n) is 4.30. The van der Waals surface area contributed by atoms with Crippen LogP contribution in [0.15, 0.2) is 17.1 Å². The summed E-state index contributed by atoms with van der Waals surface area (Å²) in [6, 6.07) is 4.81. The fourth-order valence-electron chi connectivity index (χ4n) is 3.12. The highest BCUT2D eigenvalue weighted by molar-refractivity contribution is 7.11. The van der Waals surface area contributed by atoms with E-state index in [2.05, 4.69) is 53.4 Å². The molecule has 0 amide bonds. The van der Waals surface area contributed by atoms with Crippen LogP contribution in [0.2, 0.25) is 0 Å². The van der Waals surface area contributed by atoms with Crippen LogP contribution in [0.1, 0.15) is 36.4 Å². The molecule has 1 aromatic rings. The molecule has 2 rings (SSSR count). The van der Waals surface area contributed by atoms with E-state index in [1.807, 2.05) is 18.4 Å². The Hall–Kier alpha value is -1.07. The molecule has 1 aliphatic rings. The van der Waals surface area contributed by atoms with E-state index in [1.165, 1.54) is 42.2 Å². The Morgan fingerprint density at radius 2 is 2.04 bits per heavy atom. The van der Waals surface area contributed by atoms with E-state index in [1.54, 1.807) is 0 Å². The summed E-state index contributed by atoms with van der Waals surface area (Å²) in [7, 11) is 1.85. The van der Waals surface area contributed by atoms with Gasteiger partial charge in [-0.15, -0.1) is 11.3 Å². The van der Waals surface area contributed by atoms with E-state index in [0.29, 0.717) is 12.0 Å². The molecule has 1 fully saturated rings. The van der Waals surface area contributed by atoms with Gasteiger partial charge in [0.25, 0.3) is 0 Å². The third-order valence-corrected chi connectivity index (χ3v) is 5.32. The minimum atomic E-state index is 0.383. The van der Waals surface area contributed by atoms with Crippen LogP contribution in [0.3, 0.4) is 0 Å². The quantitative estimate of drug-likeness (QED) is 0.594. The number of rotatable bonds is 7. The first-order valence-corrected chi connectivity index (χ1v) is 9.63. The number of aryl methyl sites for hydroxylation is 1. The number of nitrogens with one attached hydrogen (secondary N) is 2. The molecule has 130 valence electrons. The Labute approximate surface area is 145 Å². The summed E-state index contributed by atoms with van der Waals surface area (Å²) in [5.41, 5.74) is 0. The average molecular weight is 337 g/mol. The lowest BCUT2D eigenvalue weighted by Crippen LogP contribution is -2.45. The number of likely N-dealkylation sites (tertiary alicyclic amines) is 1. The van der Waals surface area contributed by atoms with Crippen LogP contribution >= 0.6 is 11.3 Å².